The van der Waals surface area contributed by atoms with Crippen molar-refractivity contribution in [2.45, 2.75) is 6.42 Å². The van der Waals surface area contributed by atoms with E-state index in [4.69, 9.17) is 5.73 Å². The summed E-state index contributed by atoms with van der Waals surface area (Å²) in [4.78, 5) is 12.0. The van der Waals surface area contributed by atoms with Crippen LogP contribution in [0.3, 0.4) is 0 Å². The molecule has 6 heteroatoms. The van der Waals surface area contributed by atoms with E-state index < -0.39 is 0 Å². The van der Waals surface area contributed by atoms with Gasteiger partial charge in [-0.25, -0.2) is 4.39 Å². The zero-order valence-electron chi connectivity index (χ0n) is 10.3. The van der Waals surface area contributed by atoms with Gasteiger partial charge in [-0.05, 0) is 61.7 Å². The minimum absolute atomic E-state index is 0.0982. The largest absolute Gasteiger partial charge is 0.399 e. The highest BCUT2D eigenvalue weighted by atomic mass is 79.9. The maximum atomic E-state index is 13.1. The summed E-state index contributed by atoms with van der Waals surface area (Å²) in [5, 5.41) is 2.76. The Labute approximate surface area is 132 Å². The molecule has 20 heavy (non-hydrogen) atoms. The van der Waals surface area contributed by atoms with E-state index in [9.17, 15) is 9.18 Å². The number of nitrogens with one attached hydrogen (secondary N) is 1. The van der Waals surface area contributed by atoms with Crippen LogP contribution < -0.4 is 11.1 Å². The normalized spacial score (nSPS) is 10.3. The van der Waals surface area contributed by atoms with E-state index in [-0.39, 0.29) is 18.1 Å². The van der Waals surface area contributed by atoms with Crippen molar-refractivity contribution in [2.75, 3.05) is 11.1 Å². The van der Waals surface area contributed by atoms with Gasteiger partial charge in [-0.3, -0.25) is 4.79 Å². The van der Waals surface area contributed by atoms with Gasteiger partial charge in [0.15, 0.2) is 0 Å². The molecule has 2 aromatic rings. The summed E-state index contributed by atoms with van der Waals surface area (Å²) < 4.78 is 14.4. The van der Waals surface area contributed by atoms with Crippen LogP contribution in [0.4, 0.5) is 15.8 Å². The van der Waals surface area contributed by atoms with E-state index in [1.165, 1.54) is 12.1 Å². The topological polar surface area (TPSA) is 55.1 Å². The molecule has 0 aliphatic rings. The molecule has 2 aromatic carbocycles. The number of benzene rings is 2. The van der Waals surface area contributed by atoms with Crippen molar-refractivity contribution in [3.8, 4) is 0 Å². The first-order valence-electron chi connectivity index (χ1n) is 5.74. The van der Waals surface area contributed by atoms with E-state index in [2.05, 4.69) is 37.2 Å². The van der Waals surface area contributed by atoms with E-state index in [0.29, 0.717) is 25.9 Å². The minimum atomic E-state index is -0.356. The van der Waals surface area contributed by atoms with Gasteiger partial charge in [0.2, 0.25) is 5.91 Å². The molecule has 0 radical (unpaired) electrons. The minimum Gasteiger partial charge on any atom is -0.399 e. The highest BCUT2D eigenvalue weighted by Gasteiger charge is 2.11. The third-order valence-electron chi connectivity index (χ3n) is 2.58. The third-order valence-corrected chi connectivity index (χ3v) is 3.83. The van der Waals surface area contributed by atoms with Crippen LogP contribution in [0.15, 0.2) is 45.3 Å². The molecule has 0 atom stereocenters. The fourth-order valence-electron chi connectivity index (χ4n) is 1.73. The summed E-state index contributed by atoms with van der Waals surface area (Å²) >= 11 is 6.68. The number of hydrogen-bond donors (Lipinski definition) is 2. The second-order valence-electron chi connectivity index (χ2n) is 4.21. The SMILES string of the molecule is Nc1cc(Br)c(NC(=O)Cc2cccc(F)c2)c(Br)c1. The number of nitrogens with two attached hydrogens (primary N) is 1. The van der Waals surface area contributed by atoms with Gasteiger partial charge in [-0.1, -0.05) is 12.1 Å². The third kappa shape index (κ3) is 3.80. The molecule has 1 amide bonds. The summed E-state index contributed by atoms with van der Waals surface area (Å²) in [6.45, 7) is 0. The van der Waals surface area contributed by atoms with Crippen molar-refractivity contribution >= 4 is 49.1 Å². The average Bonchev–Trinajstić information content (AvgIpc) is 2.33. The number of hydrogen-bond acceptors (Lipinski definition) is 2. The van der Waals surface area contributed by atoms with Crippen molar-refractivity contribution in [3.05, 3.63) is 56.7 Å². The summed E-state index contributed by atoms with van der Waals surface area (Å²) in [6.07, 6.45) is 0.0982. The van der Waals surface area contributed by atoms with Crippen molar-refractivity contribution in [3.63, 3.8) is 0 Å². The monoisotopic (exact) mass is 400 g/mol. The van der Waals surface area contributed by atoms with Gasteiger partial charge in [-0.15, -0.1) is 0 Å². The van der Waals surface area contributed by atoms with Crippen LogP contribution in [0.5, 0.6) is 0 Å². The lowest BCUT2D eigenvalue weighted by atomic mass is 10.1. The highest BCUT2D eigenvalue weighted by molar-refractivity contribution is 9.11. The second kappa shape index (κ2) is 6.37. The summed E-state index contributed by atoms with van der Waals surface area (Å²) in [7, 11) is 0. The van der Waals surface area contributed by atoms with Crippen molar-refractivity contribution in [1.82, 2.24) is 0 Å². The molecule has 3 N–H and O–H groups in total. The Morgan fingerprint density at radius 2 is 1.85 bits per heavy atom. The number of nitrogen functional groups attached to an aromatic ring is 1. The standard InChI is InChI=1S/C14H11Br2FN2O/c15-11-6-10(18)7-12(16)14(11)19-13(20)5-8-2-1-3-9(17)4-8/h1-4,6-7H,5,18H2,(H,19,20). The number of carbonyl (C=O) groups excluding carboxylic acids is 1. The fourth-order valence-corrected chi connectivity index (χ4v) is 3.15. The lowest BCUT2D eigenvalue weighted by molar-refractivity contribution is -0.115. The number of anilines is 2. The van der Waals surface area contributed by atoms with E-state index in [1.54, 1.807) is 24.3 Å². The lowest BCUT2D eigenvalue weighted by Crippen LogP contribution is -2.15. The van der Waals surface area contributed by atoms with Crippen LogP contribution >= 0.6 is 31.9 Å². The zero-order chi connectivity index (χ0) is 14.7. The molecule has 104 valence electrons. The predicted molar refractivity (Wildman–Crippen MR) is 85.0 cm³/mol. The van der Waals surface area contributed by atoms with Crippen LogP contribution in [0.25, 0.3) is 0 Å². The van der Waals surface area contributed by atoms with Gasteiger partial charge in [0, 0.05) is 14.6 Å². The van der Waals surface area contributed by atoms with Crippen LogP contribution in [0.1, 0.15) is 5.56 Å². The molecule has 0 aliphatic carbocycles. The van der Waals surface area contributed by atoms with Gasteiger partial charge in [0.05, 0.1) is 12.1 Å². The smallest absolute Gasteiger partial charge is 0.228 e. The molecular formula is C14H11Br2FN2O. The van der Waals surface area contributed by atoms with Gasteiger partial charge < -0.3 is 11.1 Å². The predicted octanol–water partition coefficient (Wildman–Crippen LogP) is 4.11. The first-order chi connectivity index (χ1) is 9.45. The second-order valence-corrected chi connectivity index (χ2v) is 5.92. The number of rotatable bonds is 3. The Kier molecular flexibility index (Phi) is 4.77. The van der Waals surface area contributed by atoms with Crippen molar-refractivity contribution < 1.29 is 9.18 Å². The maximum absolute atomic E-state index is 13.1. The highest BCUT2D eigenvalue weighted by Crippen LogP contribution is 2.33. The molecule has 0 spiro atoms. The molecule has 0 saturated carbocycles. The first-order valence-corrected chi connectivity index (χ1v) is 7.33. The van der Waals surface area contributed by atoms with Crippen LogP contribution in [-0.2, 0) is 11.2 Å². The molecule has 0 unspecified atom stereocenters. The Morgan fingerprint density at radius 1 is 1.20 bits per heavy atom. The molecule has 0 fully saturated rings. The molecule has 2 rings (SSSR count). The van der Waals surface area contributed by atoms with E-state index in [1.807, 2.05) is 0 Å². The Morgan fingerprint density at radius 3 is 2.45 bits per heavy atom. The van der Waals surface area contributed by atoms with Crippen LogP contribution in [0.2, 0.25) is 0 Å². The van der Waals surface area contributed by atoms with Gasteiger partial charge in [0.1, 0.15) is 5.82 Å². The van der Waals surface area contributed by atoms with Crippen LogP contribution in [0, 0.1) is 5.82 Å². The Hall–Kier alpha value is -1.40. The molecule has 0 heterocycles. The molecular weight excluding hydrogens is 391 g/mol. The van der Waals surface area contributed by atoms with E-state index >= 15 is 0 Å². The van der Waals surface area contributed by atoms with Gasteiger partial charge in [0.25, 0.3) is 0 Å². The van der Waals surface area contributed by atoms with Crippen LogP contribution in [-0.4, -0.2) is 5.91 Å². The fraction of sp³-hybridized carbons (Fsp3) is 0.0714. The molecule has 0 saturated heterocycles. The summed E-state index contributed by atoms with van der Waals surface area (Å²) in [6, 6.07) is 9.36. The lowest BCUT2D eigenvalue weighted by Gasteiger charge is -2.10. The molecule has 3 nitrogen and oxygen atoms in total. The zero-order valence-corrected chi connectivity index (χ0v) is 13.5. The first kappa shape index (κ1) is 15.0. The molecule has 0 bridgehead atoms. The molecule has 0 aliphatic heterocycles. The van der Waals surface area contributed by atoms with E-state index in [0.717, 1.165) is 0 Å². The average molecular weight is 402 g/mol. The van der Waals surface area contributed by atoms with Crippen molar-refractivity contribution in [1.29, 1.82) is 0 Å². The summed E-state index contributed by atoms with van der Waals surface area (Å²) in [5.74, 6) is -0.591. The summed E-state index contributed by atoms with van der Waals surface area (Å²) in [5.41, 5.74) is 7.47. The van der Waals surface area contributed by atoms with Crippen molar-refractivity contribution in [2.24, 2.45) is 0 Å². The quantitative estimate of drug-likeness (QED) is 0.760. The number of halogens is 3. The Bertz CT molecular complexity index is 638. The number of carbonyl (C=O) groups is 1. The Balaban J connectivity index is 2.13. The maximum Gasteiger partial charge on any atom is 0.228 e. The molecule has 0 aromatic heterocycles. The van der Waals surface area contributed by atoms with Gasteiger partial charge in [-0.2, -0.15) is 0 Å². The van der Waals surface area contributed by atoms with Gasteiger partial charge >= 0.3 is 0 Å². The number of amides is 1.